The number of likely N-dealkylation sites (tertiary alicyclic amines) is 1. The molecule has 3 heterocycles. The molecule has 1 unspecified atom stereocenters. The van der Waals surface area contributed by atoms with E-state index in [-0.39, 0.29) is 5.82 Å². The molecule has 4 aromatic rings. The molecule has 1 aliphatic heterocycles. The molecule has 7 heteroatoms. The van der Waals surface area contributed by atoms with Crippen molar-refractivity contribution in [2.75, 3.05) is 13.1 Å². The Morgan fingerprint density at radius 1 is 1.09 bits per heavy atom. The van der Waals surface area contributed by atoms with E-state index in [2.05, 4.69) is 26.0 Å². The summed E-state index contributed by atoms with van der Waals surface area (Å²) in [5.41, 5.74) is 4.73. The zero-order valence-corrected chi connectivity index (χ0v) is 20.1. The van der Waals surface area contributed by atoms with E-state index in [4.69, 9.17) is 11.6 Å². The summed E-state index contributed by atoms with van der Waals surface area (Å²) in [6, 6.07) is 15.1. The van der Waals surface area contributed by atoms with Gasteiger partial charge in [-0.05, 0) is 67.8 Å². The highest BCUT2D eigenvalue weighted by Gasteiger charge is 2.25. The fourth-order valence-corrected chi connectivity index (χ4v) is 4.67. The summed E-state index contributed by atoms with van der Waals surface area (Å²) in [5, 5.41) is 5.04. The third-order valence-electron chi connectivity index (χ3n) is 5.93. The van der Waals surface area contributed by atoms with Gasteiger partial charge in [-0.3, -0.25) is 4.90 Å². The lowest BCUT2D eigenvalue weighted by Crippen LogP contribution is -2.35. The van der Waals surface area contributed by atoms with E-state index in [1.165, 1.54) is 0 Å². The first-order valence-electron chi connectivity index (χ1n) is 11.5. The van der Waals surface area contributed by atoms with Gasteiger partial charge in [-0.2, -0.15) is 10.1 Å². The first-order chi connectivity index (χ1) is 16.1. The van der Waals surface area contributed by atoms with E-state index >= 15 is 0 Å². The van der Waals surface area contributed by atoms with E-state index < -0.39 is 0 Å². The van der Waals surface area contributed by atoms with Crippen molar-refractivity contribution in [2.24, 2.45) is 0 Å². The van der Waals surface area contributed by atoms with Crippen molar-refractivity contribution in [3.05, 3.63) is 82.6 Å². The molecule has 33 heavy (non-hydrogen) atoms. The van der Waals surface area contributed by atoms with Crippen LogP contribution in [-0.2, 0) is 6.54 Å². The largest absolute Gasteiger partial charge is 0.298 e. The number of hydrogen-bond donors (Lipinski definition) is 0. The van der Waals surface area contributed by atoms with Gasteiger partial charge in [0.05, 0.1) is 5.69 Å². The quantitative estimate of drug-likeness (QED) is 0.355. The second-order valence-electron chi connectivity index (χ2n) is 8.19. The molecule has 0 spiro atoms. The minimum atomic E-state index is -0.175. The molecular weight excluding hydrogens is 437 g/mol. The van der Waals surface area contributed by atoms with Crippen molar-refractivity contribution < 1.29 is 4.39 Å². The minimum Gasteiger partial charge on any atom is -0.298 e. The summed E-state index contributed by atoms with van der Waals surface area (Å²) in [5.74, 6) is 0.762. The Hall–Kier alpha value is -2.83. The molecule has 5 rings (SSSR count). The number of rotatable bonds is 4. The normalized spacial score (nSPS) is 16.5. The lowest BCUT2D eigenvalue weighted by molar-refractivity contribution is 0.195. The van der Waals surface area contributed by atoms with Crippen LogP contribution in [0, 0.1) is 12.7 Å². The average Bonchev–Trinajstić information content (AvgIpc) is 3.30. The Balaban J connectivity index is 0.00000126. The molecule has 2 aromatic carbocycles. The highest BCUT2D eigenvalue weighted by molar-refractivity contribution is 6.30. The van der Waals surface area contributed by atoms with E-state index in [0.717, 1.165) is 48.4 Å². The first-order valence-corrected chi connectivity index (χ1v) is 11.9. The number of benzene rings is 2. The maximum absolute atomic E-state index is 14.7. The lowest BCUT2D eigenvalue weighted by atomic mass is 9.93. The number of fused-ring (bicyclic) bond motifs is 1. The zero-order valence-electron chi connectivity index (χ0n) is 19.3. The van der Waals surface area contributed by atoms with Crippen molar-refractivity contribution in [3.8, 4) is 11.1 Å². The third kappa shape index (κ3) is 5.23. The molecule has 0 N–H and O–H groups in total. The average molecular weight is 466 g/mol. The molecule has 172 valence electrons. The fourth-order valence-electron chi connectivity index (χ4n) is 4.47. The maximum Gasteiger partial charge on any atom is 0.252 e. The van der Waals surface area contributed by atoms with Gasteiger partial charge in [0.25, 0.3) is 5.78 Å². The number of aryl methyl sites for hydroxylation is 1. The van der Waals surface area contributed by atoms with E-state index in [1.54, 1.807) is 12.4 Å². The van der Waals surface area contributed by atoms with E-state index in [1.807, 2.05) is 61.7 Å². The summed E-state index contributed by atoms with van der Waals surface area (Å²) in [7, 11) is 0. The monoisotopic (exact) mass is 465 g/mol. The van der Waals surface area contributed by atoms with Crippen molar-refractivity contribution in [3.63, 3.8) is 0 Å². The Morgan fingerprint density at radius 2 is 1.91 bits per heavy atom. The predicted molar refractivity (Wildman–Crippen MR) is 131 cm³/mol. The van der Waals surface area contributed by atoms with Crippen LogP contribution in [0.1, 0.15) is 49.6 Å². The minimum absolute atomic E-state index is 0.175. The van der Waals surface area contributed by atoms with Crippen molar-refractivity contribution in [1.82, 2.24) is 24.5 Å². The van der Waals surface area contributed by atoms with Crippen LogP contribution in [0.15, 0.2) is 54.9 Å². The van der Waals surface area contributed by atoms with Gasteiger partial charge >= 0.3 is 0 Å². The molecule has 1 atom stereocenters. The number of halogens is 2. The van der Waals surface area contributed by atoms with Crippen molar-refractivity contribution in [2.45, 2.75) is 46.1 Å². The van der Waals surface area contributed by atoms with Crippen LogP contribution in [0.4, 0.5) is 4.39 Å². The molecule has 1 aliphatic rings. The highest BCUT2D eigenvalue weighted by Crippen LogP contribution is 2.30. The summed E-state index contributed by atoms with van der Waals surface area (Å²) in [6.45, 7) is 8.35. The smallest absolute Gasteiger partial charge is 0.252 e. The van der Waals surface area contributed by atoms with Gasteiger partial charge in [0.2, 0.25) is 0 Å². The molecule has 2 aromatic heterocycles. The van der Waals surface area contributed by atoms with Gasteiger partial charge in [0.15, 0.2) is 0 Å². The topological polar surface area (TPSA) is 46.3 Å². The van der Waals surface area contributed by atoms with Crippen LogP contribution < -0.4 is 0 Å². The summed E-state index contributed by atoms with van der Waals surface area (Å²) < 4.78 is 16.5. The van der Waals surface area contributed by atoms with Gasteiger partial charge in [0, 0.05) is 35.3 Å². The van der Waals surface area contributed by atoms with Crippen LogP contribution in [0.5, 0.6) is 0 Å². The molecule has 1 fully saturated rings. The Labute approximate surface area is 199 Å². The molecule has 1 saturated heterocycles. The molecule has 0 bridgehead atoms. The molecule has 0 amide bonds. The van der Waals surface area contributed by atoms with Gasteiger partial charge in [0.1, 0.15) is 12.1 Å². The predicted octanol–water partition coefficient (Wildman–Crippen LogP) is 6.30. The number of aromatic nitrogens is 4. The molecule has 0 radical (unpaired) electrons. The van der Waals surface area contributed by atoms with E-state index in [0.29, 0.717) is 28.8 Å². The number of hydrogen-bond acceptors (Lipinski definition) is 4. The Bertz CT molecular complexity index is 1240. The molecule has 0 aliphatic carbocycles. The zero-order chi connectivity index (χ0) is 23.4. The number of piperidine rings is 1. The lowest BCUT2D eigenvalue weighted by Gasteiger charge is -2.33. The molecule has 0 saturated carbocycles. The third-order valence-corrected chi connectivity index (χ3v) is 6.16. The Kier molecular flexibility index (Phi) is 7.36. The second-order valence-corrected chi connectivity index (χ2v) is 8.62. The highest BCUT2D eigenvalue weighted by atomic mass is 35.5. The Morgan fingerprint density at radius 3 is 2.73 bits per heavy atom. The van der Waals surface area contributed by atoms with Gasteiger partial charge in [-0.1, -0.05) is 43.6 Å². The molecular formula is C26H29ClFN5. The van der Waals surface area contributed by atoms with Crippen LogP contribution in [0.3, 0.4) is 0 Å². The number of nitrogens with zero attached hydrogens (tertiary/aromatic N) is 5. The SMILES string of the molecule is CC.Cc1cc(C2CCCN(Cc3cc(-c4cccc(Cl)c4)ccc3F)C2)n2ncnc2n1. The standard InChI is InChI=1S/C24H23ClFN5.C2H6/c1-16-10-23(31-24(29-16)27-15-28-31)19-5-3-9-30(13-19)14-20-11-18(7-8-22(20)26)17-4-2-6-21(25)12-17;1-2/h2,4,6-8,10-12,15,19H,3,5,9,13-14H2,1H3;1-2H3. The van der Waals surface area contributed by atoms with Crippen LogP contribution >= 0.6 is 11.6 Å². The van der Waals surface area contributed by atoms with Crippen LogP contribution in [0.25, 0.3) is 16.9 Å². The van der Waals surface area contributed by atoms with Gasteiger partial charge in [-0.15, -0.1) is 0 Å². The maximum atomic E-state index is 14.7. The summed E-state index contributed by atoms with van der Waals surface area (Å²) in [6.07, 6.45) is 3.67. The first kappa shape index (κ1) is 23.3. The van der Waals surface area contributed by atoms with E-state index in [9.17, 15) is 4.39 Å². The van der Waals surface area contributed by atoms with Crippen LogP contribution in [-0.4, -0.2) is 37.6 Å². The molecule has 5 nitrogen and oxygen atoms in total. The summed E-state index contributed by atoms with van der Waals surface area (Å²) in [4.78, 5) is 11.0. The summed E-state index contributed by atoms with van der Waals surface area (Å²) >= 11 is 6.14. The van der Waals surface area contributed by atoms with Gasteiger partial charge < -0.3 is 0 Å². The van der Waals surface area contributed by atoms with Crippen LogP contribution in [0.2, 0.25) is 5.02 Å². The fraction of sp³-hybridized carbons (Fsp3) is 0.346. The van der Waals surface area contributed by atoms with Crippen molar-refractivity contribution >= 4 is 17.4 Å². The van der Waals surface area contributed by atoms with Crippen molar-refractivity contribution in [1.29, 1.82) is 0 Å². The van der Waals surface area contributed by atoms with Gasteiger partial charge in [-0.25, -0.2) is 13.9 Å². The second kappa shape index (κ2) is 10.4.